The van der Waals surface area contributed by atoms with E-state index in [2.05, 4.69) is 29.0 Å². The Morgan fingerprint density at radius 3 is 2.72 bits per heavy atom. The van der Waals surface area contributed by atoms with Crippen molar-refractivity contribution in [3.05, 3.63) is 69.9 Å². The summed E-state index contributed by atoms with van der Waals surface area (Å²) in [5.74, 6) is -0.0136. The van der Waals surface area contributed by atoms with Crippen LogP contribution in [0.15, 0.2) is 36.5 Å². The van der Waals surface area contributed by atoms with E-state index < -0.39 is 11.9 Å². The zero-order valence-electron chi connectivity index (χ0n) is 16.2. The lowest BCUT2D eigenvalue weighted by molar-refractivity contribution is 0.0988. The molecule has 0 bridgehead atoms. The van der Waals surface area contributed by atoms with E-state index in [0.717, 1.165) is 5.69 Å². The average molecular weight is 415 g/mol. The summed E-state index contributed by atoms with van der Waals surface area (Å²) < 4.78 is 20.0. The van der Waals surface area contributed by atoms with Crippen LogP contribution in [0.2, 0.25) is 5.02 Å². The fraction of sp³-hybridized carbons (Fsp3) is 0.286. The van der Waals surface area contributed by atoms with Crippen molar-refractivity contribution in [1.82, 2.24) is 15.2 Å². The summed E-state index contributed by atoms with van der Waals surface area (Å²) in [6.45, 7) is 4.14. The van der Waals surface area contributed by atoms with Crippen LogP contribution in [0.3, 0.4) is 0 Å². The Kier molecular flexibility index (Phi) is 5.00. The molecule has 2 aromatic heterocycles. The van der Waals surface area contributed by atoms with Crippen LogP contribution in [0.5, 0.6) is 5.88 Å². The molecule has 3 aromatic rings. The van der Waals surface area contributed by atoms with Gasteiger partial charge >= 0.3 is 0 Å². The lowest BCUT2D eigenvalue weighted by Gasteiger charge is -2.26. The number of ether oxygens (including phenoxy) is 1. The van der Waals surface area contributed by atoms with Gasteiger partial charge in [0.15, 0.2) is 0 Å². The van der Waals surface area contributed by atoms with Crippen LogP contribution in [-0.4, -0.2) is 28.2 Å². The van der Waals surface area contributed by atoms with E-state index in [1.807, 2.05) is 0 Å². The molecule has 4 rings (SSSR count). The number of carbonyl (C=O) groups excluding carboxylic acids is 1. The largest absolute Gasteiger partial charge is 0.481 e. The quantitative estimate of drug-likeness (QED) is 0.664. The predicted molar refractivity (Wildman–Crippen MR) is 108 cm³/mol. The lowest BCUT2D eigenvalue weighted by Crippen LogP contribution is -2.30. The molecule has 0 radical (unpaired) electrons. The predicted octanol–water partition coefficient (Wildman–Crippen LogP) is 4.55. The van der Waals surface area contributed by atoms with Gasteiger partial charge in [-0.05, 0) is 30.5 Å². The number of carbonyl (C=O) groups is 1. The van der Waals surface area contributed by atoms with Crippen molar-refractivity contribution >= 4 is 23.2 Å². The van der Waals surface area contributed by atoms with Gasteiger partial charge in [-0.1, -0.05) is 31.5 Å². The van der Waals surface area contributed by atoms with Crippen molar-refractivity contribution in [2.75, 3.05) is 12.0 Å². The maximum Gasteiger partial charge on any atom is 0.277 e. The van der Waals surface area contributed by atoms with Crippen molar-refractivity contribution in [3.8, 4) is 5.88 Å². The third kappa shape index (κ3) is 3.35. The number of fused-ring (bicyclic) bond motifs is 1. The van der Waals surface area contributed by atoms with Crippen molar-refractivity contribution in [3.63, 3.8) is 0 Å². The highest BCUT2D eigenvalue weighted by molar-refractivity contribution is 6.30. The highest BCUT2D eigenvalue weighted by Crippen LogP contribution is 2.43. The lowest BCUT2D eigenvalue weighted by atomic mass is 9.95. The summed E-state index contributed by atoms with van der Waals surface area (Å²) in [4.78, 5) is 19.0. The first-order valence-corrected chi connectivity index (χ1v) is 9.64. The molecule has 8 heteroatoms. The number of anilines is 1. The van der Waals surface area contributed by atoms with Gasteiger partial charge in [0.2, 0.25) is 5.88 Å². The van der Waals surface area contributed by atoms with Gasteiger partial charge in [0.05, 0.1) is 30.7 Å². The molecule has 0 saturated carbocycles. The Labute approximate surface area is 172 Å². The number of nitrogens with one attached hydrogen (secondary N) is 1. The van der Waals surface area contributed by atoms with E-state index in [9.17, 15) is 9.18 Å². The van der Waals surface area contributed by atoms with Gasteiger partial charge in [-0.2, -0.15) is 5.10 Å². The zero-order chi connectivity index (χ0) is 20.7. The minimum absolute atomic E-state index is 0.283. The van der Waals surface area contributed by atoms with Crippen LogP contribution in [0, 0.1) is 11.7 Å². The molecule has 1 unspecified atom stereocenters. The summed E-state index contributed by atoms with van der Waals surface area (Å²) >= 11 is 5.96. The molecule has 1 aromatic carbocycles. The number of rotatable bonds is 5. The number of halogens is 2. The molecule has 1 aliphatic heterocycles. The molecule has 1 N–H and O–H groups in total. The Balaban J connectivity index is 1.89. The van der Waals surface area contributed by atoms with Gasteiger partial charge < -0.3 is 4.74 Å². The number of methoxy groups -OCH3 is 1. The van der Waals surface area contributed by atoms with E-state index in [-0.39, 0.29) is 5.91 Å². The highest BCUT2D eigenvalue weighted by atomic mass is 35.5. The van der Waals surface area contributed by atoms with Crippen molar-refractivity contribution in [2.45, 2.75) is 26.3 Å². The molecule has 1 aliphatic rings. The third-order valence-corrected chi connectivity index (χ3v) is 5.15. The van der Waals surface area contributed by atoms with Crippen LogP contribution < -0.4 is 9.64 Å². The van der Waals surface area contributed by atoms with Gasteiger partial charge in [-0.15, -0.1) is 0 Å². The second kappa shape index (κ2) is 7.48. The molecule has 1 atom stereocenters. The maximum absolute atomic E-state index is 14.9. The summed E-state index contributed by atoms with van der Waals surface area (Å²) in [6.07, 6.45) is 2.21. The molecule has 0 aliphatic carbocycles. The fourth-order valence-corrected chi connectivity index (χ4v) is 3.83. The van der Waals surface area contributed by atoms with Crippen molar-refractivity contribution < 1.29 is 13.9 Å². The zero-order valence-corrected chi connectivity index (χ0v) is 17.0. The van der Waals surface area contributed by atoms with E-state index >= 15 is 0 Å². The van der Waals surface area contributed by atoms with E-state index in [4.69, 9.17) is 16.3 Å². The molecule has 0 spiro atoms. The average Bonchev–Trinajstić information content (AvgIpc) is 3.21. The Morgan fingerprint density at radius 1 is 1.31 bits per heavy atom. The van der Waals surface area contributed by atoms with Crippen molar-refractivity contribution in [1.29, 1.82) is 0 Å². The van der Waals surface area contributed by atoms with Crippen LogP contribution in [0.1, 0.15) is 47.2 Å². The first-order valence-electron chi connectivity index (χ1n) is 9.26. The van der Waals surface area contributed by atoms with Crippen LogP contribution in [0.25, 0.3) is 0 Å². The first-order chi connectivity index (χ1) is 13.9. The second-order valence-electron chi connectivity index (χ2n) is 7.36. The number of nitrogens with zero attached hydrogens (tertiary/aromatic N) is 3. The van der Waals surface area contributed by atoms with Crippen LogP contribution >= 0.6 is 11.6 Å². The molecule has 150 valence electrons. The number of pyridine rings is 1. The Bertz CT molecular complexity index is 1070. The van der Waals surface area contributed by atoms with Gasteiger partial charge in [-0.3, -0.25) is 14.8 Å². The van der Waals surface area contributed by atoms with E-state index in [0.29, 0.717) is 45.7 Å². The van der Waals surface area contributed by atoms with Crippen LogP contribution in [0.4, 0.5) is 10.1 Å². The molecule has 3 heterocycles. The Morgan fingerprint density at radius 2 is 2.10 bits per heavy atom. The van der Waals surface area contributed by atoms with Gasteiger partial charge in [0.25, 0.3) is 5.91 Å². The molecule has 29 heavy (non-hydrogen) atoms. The first kappa shape index (κ1) is 19.4. The monoisotopic (exact) mass is 414 g/mol. The second-order valence-corrected chi connectivity index (χ2v) is 7.80. The number of H-pyrrole nitrogens is 1. The number of aromatic nitrogens is 3. The Hall–Kier alpha value is -2.93. The standard InChI is InChI=1S/C21H20ClFN4O2/c1-11(2)8-16-18-19(26-25-16)21(28)27(13-5-7-17(29-3)24-10-13)20(18)14-6-4-12(22)9-15(14)23/h4-7,9-11,20H,8H2,1-3H3,(H,25,26). The fourth-order valence-electron chi connectivity index (χ4n) is 3.67. The molecule has 6 nitrogen and oxygen atoms in total. The molecule has 1 amide bonds. The molecule has 0 fully saturated rings. The SMILES string of the molecule is COc1ccc(N2C(=O)c3[nH]nc(CC(C)C)c3C2c2ccc(Cl)cc2F)cn1. The molecular formula is C21H20ClFN4O2. The van der Waals surface area contributed by atoms with E-state index in [1.165, 1.54) is 18.1 Å². The molecular weight excluding hydrogens is 395 g/mol. The number of benzene rings is 1. The number of hydrogen-bond donors (Lipinski definition) is 1. The van der Waals surface area contributed by atoms with Gasteiger partial charge in [-0.25, -0.2) is 9.37 Å². The van der Waals surface area contributed by atoms with Gasteiger partial charge in [0, 0.05) is 22.2 Å². The van der Waals surface area contributed by atoms with Crippen LogP contribution in [-0.2, 0) is 6.42 Å². The number of aromatic amines is 1. The topological polar surface area (TPSA) is 71.1 Å². The summed E-state index contributed by atoms with van der Waals surface area (Å²) in [5, 5.41) is 7.50. The third-order valence-electron chi connectivity index (χ3n) is 4.91. The minimum Gasteiger partial charge on any atom is -0.481 e. The molecule has 0 saturated heterocycles. The smallest absolute Gasteiger partial charge is 0.277 e. The summed E-state index contributed by atoms with van der Waals surface area (Å²) in [7, 11) is 1.52. The number of hydrogen-bond acceptors (Lipinski definition) is 4. The highest BCUT2D eigenvalue weighted by Gasteiger charge is 2.44. The minimum atomic E-state index is -0.669. The van der Waals surface area contributed by atoms with Crippen molar-refractivity contribution in [2.24, 2.45) is 5.92 Å². The van der Waals surface area contributed by atoms with Gasteiger partial charge in [0.1, 0.15) is 11.5 Å². The number of amides is 1. The summed E-state index contributed by atoms with van der Waals surface area (Å²) in [6, 6.07) is 7.21. The van der Waals surface area contributed by atoms with E-state index in [1.54, 1.807) is 30.5 Å². The maximum atomic E-state index is 14.9. The summed E-state index contributed by atoms with van der Waals surface area (Å²) in [5.41, 5.74) is 2.71. The normalized spacial score (nSPS) is 15.9.